The molecule has 2 heteroatoms. The number of fused-ring (bicyclic) bond motifs is 1. The molecule has 1 unspecified atom stereocenters. The summed E-state index contributed by atoms with van der Waals surface area (Å²) >= 11 is 0. The van der Waals surface area contributed by atoms with Crippen LogP contribution in [-0.2, 0) is 5.41 Å². The Balaban J connectivity index is 2.29. The SMILES string of the molecule is CCCNC1CCOc2ccc(C(C)(C)C)cc21. The molecule has 1 N–H and O–H groups in total. The minimum absolute atomic E-state index is 0.196. The lowest BCUT2D eigenvalue weighted by Crippen LogP contribution is -2.28. The van der Waals surface area contributed by atoms with E-state index >= 15 is 0 Å². The third-order valence-electron chi connectivity index (χ3n) is 3.56. The predicted molar refractivity (Wildman–Crippen MR) is 76.3 cm³/mol. The van der Waals surface area contributed by atoms with Crippen LogP contribution in [0.15, 0.2) is 18.2 Å². The molecule has 1 aromatic rings. The molecular weight excluding hydrogens is 222 g/mol. The third kappa shape index (κ3) is 2.86. The minimum Gasteiger partial charge on any atom is -0.493 e. The molecule has 1 atom stereocenters. The highest BCUT2D eigenvalue weighted by atomic mass is 16.5. The Kier molecular flexibility index (Phi) is 3.96. The lowest BCUT2D eigenvalue weighted by Gasteiger charge is -2.29. The first kappa shape index (κ1) is 13.4. The van der Waals surface area contributed by atoms with E-state index in [1.807, 2.05) is 0 Å². The topological polar surface area (TPSA) is 21.3 Å². The van der Waals surface area contributed by atoms with Gasteiger partial charge in [0.05, 0.1) is 6.61 Å². The van der Waals surface area contributed by atoms with Crippen molar-refractivity contribution in [3.8, 4) is 5.75 Å². The molecule has 1 aliphatic heterocycles. The summed E-state index contributed by atoms with van der Waals surface area (Å²) < 4.78 is 5.76. The van der Waals surface area contributed by atoms with Gasteiger partial charge in [0.15, 0.2) is 0 Å². The van der Waals surface area contributed by atoms with Crippen LogP contribution in [0.2, 0.25) is 0 Å². The van der Waals surface area contributed by atoms with Gasteiger partial charge in [-0.1, -0.05) is 33.8 Å². The van der Waals surface area contributed by atoms with Crippen LogP contribution in [0.1, 0.15) is 57.7 Å². The Morgan fingerprint density at radius 2 is 2.11 bits per heavy atom. The molecule has 0 amide bonds. The zero-order valence-corrected chi connectivity index (χ0v) is 12.0. The molecule has 1 aromatic carbocycles. The van der Waals surface area contributed by atoms with Gasteiger partial charge in [-0.15, -0.1) is 0 Å². The average Bonchev–Trinajstić information content (AvgIpc) is 2.34. The first-order chi connectivity index (χ1) is 8.52. The Morgan fingerprint density at radius 1 is 1.33 bits per heavy atom. The van der Waals surface area contributed by atoms with Crippen molar-refractivity contribution in [1.29, 1.82) is 0 Å². The Hall–Kier alpha value is -1.02. The standard InChI is InChI=1S/C16H25NO/c1-5-9-17-14-8-10-18-15-7-6-12(11-13(14)15)16(2,3)4/h6-7,11,14,17H,5,8-10H2,1-4H3. The Morgan fingerprint density at radius 3 is 2.78 bits per heavy atom. The molecule has 0 aromatic heterocycles. The molecule has 0 radical (unpaired) electrons. The number of hydrogen-bond acceptors (Lipinski definition) is 2. The second kappa shape index (κ2) is 5.31. The van der Waals surface area contributed by atoms with Gasteiger partial charge in [-0.3, -0.25) is 0 Å². The average molecular weight is 247 g/mol. The lowest BCUT2D eigenvalue weighted by molar-refractivity contribution is 0.252. The van der Waals surface area contributed by atoms with Gasteiger partial charge in [0, 0.05) is 18.0 Å². The van der Waals surface area contributed by atoms with Crippen LogP contribution in [0.25, 0.3) is 0 Å². The highest BCUT2D eigenvalue weighted by molar-refractivity contribution is 5.42. The van der Waals surface area contributed by atoms with Crippen LogP contribution in [0.4, 0.5) is 0 Å². The quantitative estimate of drug-likeness (QED) is 0.877. The van der Waals surface area contributed by atoms with E-state index < -0.39 is 0 Å². The van der Waals surface area contributed by atoms with E-state index in [0.29, 0.717) is 6.04 Å². The zero-order valence-electron chi connectivity index (χ0n) is 12.0. The number of nitrogens with one attached hydrogen (secondary N) is 1. The van der Waals surface area contributed by atoms with Crippen molar-refractivity contribution in [3.63, 3.8) is 0 Å². The van der Waals surface area contributed by atoms with E-state index in [0.717, 1.165) is 25.3 Å². The molecule has 0 aliphatic carbocycles. The smallest absolute Gasteiger partial charge is 0.124 e. The number of benzene rings is 1. The van der Waals surface area contributed by atoms with Gasteiger partial charge in [-0.25, -0.2) is 0 Å². The summed E-state index contributed by atoms with van der Waals surface area (Å²) in [7, 11) is 0. The third-order valence-corrected chi connectivity index (χ3v) is 3.56. The largest absolute Gasteiger partial charge is 0.493 e. The number of rotatable bonds is 3. The van der Waals surface area contributed by atoms with Crippen LogP contribution in [0, 0.1) is 0 Å². The summed E-state index contributed by atoms with van der Waals surface area (Å²) in [5, 5.41) is 3.63. The first-order valence-electron chi connectivity index (χ1n) is 7.03. The molecule has 0 fully saturated rings. The number of hydrogen-bond donors (Lipinski definition) is 1. The molecule has 0 bridgehead atoms. The van der Waals surface area contributed by atoms with E-state index in [-0.39, 0.29) is 5.41 Å². The first-order valence-corrected chi connectivity index (χ1v) is 7.03. The highest BCUT2D eigenvalue weighted by Gasteiger charge is 2.23. The minimum atomic E-state index is 0.196. The second-order valence-corrected chi connectivity index (χ2v) is 6.15. The Labute approximate surface area is 111 Å². The highest BCUT2D eigenvalue weighted by Crippen LogP contribution is 2.35. The summed E-state index contributed by atoms with van der Waals surface area (Å²) in [6.45, 7) is 10.9. The van der Waals surface area contributed by atoms with Crippen molar-refractivity contribution in [2.24, 2.45) is 0 Å². The van der Waals surface area contributed by atoms with E-state index in [1.54, 1.807) is 0 Å². The maximum absolute atomic E-state index is 5.76. The molecule has 1 aliphatic rings. The van der Waals surface area contributed by atoms with Crippen LogP contribution >= 0.6 is 0 Å². The summed E-state index contributed by atoms with van der Waals surface area (Å²) in [5.41, 5.74) is 2.92. The monoisotopic (exact) mass is 247 g/mol. The van der Waals surface area contributed by atoms with Crippen molar-refractivity contribution in [1.82, 2.24) is 5.32 Å². The van der Waals surface area contributed by atoms with Crippen LogP contribution in [0.3, 0.4) is 0 Å². The maximum Gasteiger partial charge on any atom is 0.124 e. The van der Waals surface area contributed by atoms with Gasteiger partial charge in [-0.05, 0) is 36.1 Å². The van der Waals surface area contributed by atoms with E-state index in [9.17, 15) is 0 Å². The predicted octanol–water partition coefficient (Wildman–Crippen LogP) is 3.81. The molecule has 2 rings (SSSR count). The summed E-state index contributed by atoms with van der Waals surface area (Å²) in [6.07, 6.45) is 2.24. The molecule has 0 spiro atoms. The summed E-state index contributed by atoms with van der Waals surface area (Å²) in [4.78, 5) is 0. The van der Waals surface area contributed by atoms with Crippen LogP contribution < -0.4 is 10.1 Å². The van der Waals surface area contributed by atoms with Crippen molar-refractivity contribution in [3.05, 3.63) is 29.3 Å². The van der Waals surface area contributed by atoms with Gasteiger partial charge >= 0.3 is 0 Å². The molecule has 1 heterocycles. The van der Waals surface area contributed by atoms with Gasteiger partial charge < -0.3 is 10.1 Å². The molecule has 100 valence electrons. The van der Waals surface area contributed by atoms with E-state index in [1.165, 1.54) is 17.5 Å². The fourth-order valence-corrected chi connectivity index (χ4v) is 2.39. The summed E-state index contributed by atoms with van der Waals surface area (Å²) in [6, 6.07) is 7.11. The second-order valence-electron chi connectivity index (χ2n) is 6.15. The van der Waals surface area contributed by atoms with Crippen LogP contribution in [-0.4, -0.2) is 13.2 Å². The Bertz CT molecular complexity index is 406. The molecule has 2 nitrogen and oxygen atoms in total. The fourth-order valence-electron chi connectivity index (χ4n) is 2.39. The molecule has 0 saturated carbocycles. The van der Waals surface area contributed by atoms with Crippen molar-refractivity contribution < 1.29 is 4.74 Å². The zero-order chi connectivity index (χ0) is 13.2. The van der Waals surface area contributed by atoms with Gasteiger partial charge in [0.25, 0.3) is 0 Å². The molecule has 18 heavy (non-hydrogen) atoms. The normalized spacial score (nSPS) is 19.2. The molecule has 0 saturated heterocycles. The van der Waals surface area contributed by atoms with Crippen molar-refractivity contribution >= 4 is 0 Å². The maximum atomic E-state index is 5.76. The lowest BCUT2D eigenvalue weighted by atomic mass is 9.84. The van der Waals surface area contributed by atoms with Gasteiger partial charge in [-0.2, -0.15) is 0 Å². The van der Waals surface area contributed by atoms with Crippen molar-refractivity contribution in [2.45, 2.75) is 52.0 Å². The number of ether oxygens (including phenoxy) is 1. The van der Waals surface area contributed by atoms with Gasteiger partial charge in [0.2, 0.25) is 0 Å². The van der Waals surface area contributed by atoms with Crippen molar-refractivity contribution in [2.75, 3.05) is 13.2 Å². The van der Waals surface area contributed by atoms with E-state index in [2.05, 4.69) is 51.2 Å². The van der Waals surface area contributed by atoms with E-state index in [4.69, 9.17) is 4.74 Å². The fraction of sp³-hybridized carbons (Fsp3) is 0.625. The van der Waals surface area contributed by atoms with Gasteiger partial charge in [0.1, 0.15) is 5.75 Å². The molecular formula is C16H25NO. The summed E-state index contributed by atoms with van der Waals surface area (Å²) in [5.74, 6) is 1.06. The van der Waals surface area contributed by atoms with Crippen LogP contribution in [0.5, 0.6) is 5.75 Å².